The molecule has 0 saturated heterocycles. The van der Waals surface area contributed by atoms with E-state index in [-0.39, 0.29) is 5.69 Å². The van der Waals surface area contributed by atoms with Crippen molar-refractivity contribution in [2.24, 2.45) is 0 Å². The maximum absolute atomic E-state index is 10.7. The highest BCUT2D eigenvalue weighted by Gasteiger charge is 2.04. The molecule has 0 N–H and O–H groups in total. The third kappa shape index (κ3) is 3.18. The number of carbonyl (C=O) groups is 1. The van der Waals surface area contributed by atoms with E-state index in [4.69, 9.17) is 11.6 Å². The molecule has 4 nitrogen and oxygen atoms in total. The Morgan fingerprint density at radius 2 is 1.93 bits per heavy atom. The molecule has 78 valence electrons. The second-order valence-corrected chi connectivity index (χ2v) is 3.29. The molecule has 0 atom stereocenters. The zero-order valence-electron chi connectivity index (χ0n) is 7.94. The molecular formula is C10H8ClNO3. The smallest absolute Gasteiger partial charge is 0.269 e. The quantitative estimate of drug-likeness (QED) is 0.344. The van der Waals surface area contributed by atoms with Crippen molar-refractivity contribution in [1.82, 2.24) is 0 Å². The van der Waals surface area contributed by atoms with Gasteiger partial charge in [-0.05, 0) is 42.3 Å². The van der Waals surface area contributed by atoms with Gasteiger partial charge in [-0.25, -0.2) is 0 Å². The number of hydrogen-bond acceptors (Lipinski definition) is 3. The number of benzene rings is 1. The SMILES string of the molecule is C/C(=C/c1ccc([N+](=O)[O-])cc1)C(=O)Cl. The molecule has 0 unspecified atom stereocenters. The lowest BCUT2D eigenvalue weighted by atomic mass is 10.1. The van der Waals surface area contributed by atoms with E-state index in [1.807, 2.05) is 0 Å². The number of halogens is 1. The lowest BCUT2D eigenvalue weighted by Crippen LogP contribution is -1.89. The predicted octanol–water partition coefficient (Wildman–Crippen LogP) is 2.76. The average molecular weight is 226 g/mol. The summed E-state index contributed by atoms with van der Waals surface area (Å²) in [5.74, 6) is 0. The minimum atomic E-state index is -0.534. The summed E-state index contributed by atoms with van der Waals surface area (Å²) in [5.41, 5.74) is 1.11. The van der Waals surface area contributed by atoms with E-state index in [0.717, 1.165) is 0 Å². The van der Waals surface area contributed by atoms with Crippen LogP contribution in [0, 0.1) is 10.1 Å². The van der Waals surface area contributed by atoms with E-state index in [1.54, 1.807) is 25.1 Å². The maximum atomic E-state index is 10.7. The highest BCUT2D eigenvalue weighted by molar-refractivity contribution is 6.68. The second kappa shape index (κ2) is 4.70. The van der Waals surface area contributed by atoms with Gasteiger partial charge in [0.2, 0.25) is 5.24 Å². The monoisotopic (exact) mass is 225 g/mol. The normalized spacial score (nSPS) is 11.2. The molecule has 0 aliphatic rings. The van der Waals surface area contributed by atoms with Crippen LogP contribution in [0.2, 0.25) is 0 Å². The first kappa shape index (κ1) is 11.4. The minimum Gasteiger partial charge on any atom is -0.276 e. The number of non-ortho nitro benzene ring substituents is 1. The molecule has 0 saturated carbocycles. The Bertz CT molecular complexity index is 423. The zero-order valence-corrected chi connectivity index (χ0v) is 8.69. The number of rotatable bonds is 3. The van der Waals surface area contributed by atoms with E-state index >= 15 is 0 Å². The van der Waals surface area contributed by atoms with Crippen molar-refractivity contribution in [3.63, 3.8) is 0 Å². The summed E-state index contributed by atoms with van der Waals surface area (Å²) in [6.07, 6.45) is 1.57. The summed E-state index contributed by atoms with van der Waals surface area (Å²) in [6, 6.07) is 5.86. The Hall–Kier alpha value is -1.68. The molecule has 1 aromatic rings. The van der Waals surface area contributed by atoms with E-state index < -0.39 is 10.2 Å². The summed E-state index contributed by atoms with van der Waals surface area (Å²) in [5, 5.41) is 9.82. The predicted molar refractivity (Wildman–Crippen MR) is 57.6 cm³/mol. The number of allylic oxidation sites excluding steroid dienone is 1. The van der Waals surface area contributed by atoms with Gasteiger partial charge in [0.1, 0.15) is 0 Å². The van der Waals surface area contributed by atoms with Crippen molar-refractivity contribution in [1.29, 1.82) is 0 Å². The van der Waals surface area contributed by atoms with Gasteiger partial charge in [-0.15, -0.1) is 0 Å². The molecule has 0 spiro atoms. The van der Waals surface area contributed by atoms with Crippen molar-refractivity contribution in [2.45, 2.75) is 6.92 Å². The lowest BCUT2D eigenvalue weighted by Gasteiger charge is -1.95. The number of nitrogens with zero attached hydrogens (tertiary/aromatic N) is 1. The van der Waals surface area contributed by atoms with Gasteiger partial charge < -0.3 is 0 Å². The minimum absolute atomic E-state index is 0.0157. The highest BCUT2D eigenvalue weighted by Crippen LogP contribution is 2.14. The summed E-state index contributed by atoms with van der Waals surface area (Å²) >= 11 is 5.24. The van der Waals surface area contributed by atoms with Crippen molar-refractivity contribution in [2.75, 3.05) is 0 Å². The van der Waals surface area contributed by atoms with Crippen LogP contribution in [0.3, 0.4) is 0 Å². The van der Waals surface area contributed by atoms with Crippen LogP contribution in [0.1, 0.15) is 12.5 Å². The first-order chi connectivity index (χ1) is 7.00. The molecule has 0 aromatic heterocycles. The van der Waals surface area contributed by atoms with Crippen LogP contribution < -0.4 is 0 Å². The Balaban J connectivity index is 2.95. The number of nitro benzene ring substituents is 1. The Labute approximate surface area is 91.3 Å². The standard InChI is InChI=1S/C10H8ClNO3/c1-7(10(11)13)6-8-2-4-9(5-3-8)12(14)15/h2-6H,1H3/b7-6-. The summed E-state index contributed by atoms with van der Waals surface area (Å²) in [4.78, 5) is 20.6. The maximum Gasteiger partial charge on any atom is 0.269 e. The van der Waals surface area contributed by atoms with E-state index in [1.165, 1.54) is 12.1 Å². The number of carbonyl (C=O) groups excluding carboxylic acids is 1. The van der Waals surface area contributed by atoms with Gasteiger partial charge in [0, 0.05) is 17.7 Å². The van der Waals surface area contributed by atoms with Crippen LogP contribution >= 0.6 is 11.6 Å². The molecule has 0 radical (unpaired) electrons. The largest absolute Gasteiger partial charge is 0.276 e. The molecule has 0 aliphatic carbocycles. The molecular weight excluding hydrogens is 218 g/mol. The van der Waals surface area contributed by atoms with Crippen LogP contribution in [-0.4, -0.2) is 10.2 Å². The van der Waals surface area contributed by atoms with E-state index in [9.17, 15) is 14.9 Å². The van der Waals surface area contributed by atoms with Gasteiger partial charge >= 0.3 is 0 Å². The van der Waals surface area contributed by atoms with Gasteiger partial charge in [0.15, 0.2) is 0 Å². The lowest BCUT2D eigenvalue weighted by molar-refractivity contribution is -0.384. The topological polar surface area (TPSA) is 60.2 Å². The fourth-order valence-corrected chi connectivity index (χ4v) is 1.05. The Kier molecular flexibility index (Phi) is 3.57. The first-order valence-corrected chi connectivity index (χ1v) is 4.51. The van der Waals surface area contributed by atoms with Gasteiger partial charge in [-0.2, -0.15) is 0 Å². The third-order valence-corrected chi connectivity index (χ3v) is 2.10. The molecule has 1 rings (SSSR count). The van der Waals surface area contributed by atoms with Crippen LogP contribution in [-0.2, 0) is 4.79 Å². The van der Waals surface area contributed by atoms with Crippen LogP contribution in [0.15, 0.2) is 29.8 Å². The molecule has 0 heterocycles. The highest BCUT2D eigenvalue weighted by atomic mass is 35.5. The zero-order chi connectivity index (χ0) is 11.4. The molecule has 0 bridgehead atoms. The van der Waals surface area contributed by atoms with Gasteiger partial charge in [0.25, 0.3) is 5.69 Å². The van der Waals surface area contributed by atoms with Gasteiger partial charge in [-0.3, -0.25) is 14.9 Å². The second-order valence-electron chi connectivity index (χ2n) is 2.95. The number of hydrogen-bond donors (Lipinski definition) is 0. The molecule has 1 aromatic carbocycles. The van der Waals surface area contributed by atoms with Crippen LogP contribution in [0.5, 0.6) is 0 Å². The fourth-order valence-electron chi connectivity index (χ4n) is 0.999. The summed E-state index contributed by atoms with van der Waals surface area (Å²) in [6.45, 7) is 1.58. The average Bonchev–Trinajstić information content (AvgIpc) is 2.18. The molecule has 15 heavy (non-hydrogen) atoms. The fraction of sp³-hybridized carbons (Fsp3) is 0.100. The summed E-state index contributed by atoms with van der Waals surface area (Å²) in [7, 11) is 0. The molecule has 0 aliphatic heterocycles. The molecule has 0 fully saturated rings. The van der Waals surface area contributed by atoms with Gasteiger partial charge in [-0.1, -0.05) is 0 Å². The van der Waals surface area contributed by atoms with Gasteiger partial charge in [0.05, 0.1) is 4.92 Å². The summed E-state index contributed by atoms with van der Waals surface area (Å²) < 4.78 is 0. The van der Waals surface area contributed by atoms with Crippen molar-refractivity contribution in [3.05, 3.63) is 45.5 Å². The first-order valence-electron chi connectivity index (χ1n) is 4.13. The Morgan fingerprint density at radius 1 is 1.40 bits per heavy atom. The van der Waals surface area contributed by atoms with E-state index in [0.29, 0.717) is 11.1 Å². The Morgan fingerprint density at radius 3 is 2.33 bits per heavy atom. The molecule has 5 heteroatoms. The van der Waals surface area contributed by atoms with E-state index in [2.05, 4.69) is 0 Å². The number of nitro groups is 1. The van der Waals surface area contributed by atoms with Crippen LogP contribution in [0.25, 0.3) is 6.08 Å². The molecule has 0 amide bonds. The van der Waals surface area contributed by atoms with Crippen LogP contribution in [0.4, 0.5) is 5.69 Å². The van der Waals surface area contributed by atoms with Crippen molar-refractivity contribution < 1.29 is 9.72 Å². The third-order valence-electron chi connectivity index (χ3n) is 1.80. The van der Waals surface area contributed by atoms with Crippen molar-refractivity contribution in [3.8, 4) is 0 Å². The van der Waals surface area contributed by atoms with Crippen molar-refractivity contribution >= 4 is 28.6 Å².